The molecular formula is C13H14N2O3. The second-order valence-electron chi connectivity index (χ2n) is 4.47. The lowest BCUT2D eigenvalue weighted by Gasteiger charge is -2.23. The lowest BCUT2D eigenvalue weighted by atomic mass is 10.2. The van der Waals surface area contributed by atoms with Crippen LogP contribution < -0.4 is 11.2 Å². The average molecular weight is 246 g/mol. The number of nitrogens with one attached hydrogen (secondary N) is 1. The lowest BCUT2D eigenvalue weighted by molar-refractivity contribution is -0.0363. The second-order valence-corrected chi connectivity index (χ2v) is 4.47. The molecule has 1 N–H and O–H groups in total. The first-order valence-corrected chi connectivity index (χ1v) is 6.12. The fourth-order valence-electron chi connectivity index (χ4n) is 2.36. The SMILES string of the molecule is O=c1[nH]c2ccccc2c(=O)n1C1CCCCO1. The molecule has 2 aromatic rings. The van der Waals surface area contributed by atoms with Gasteiger partial charge in [0, 0.05) is 6.61 Å². The van der Waals surface area contributed by atoms with Crippen LogP contribution in [-0.2, 0) is 4.74 Å². The number of aromatic amines is 1. The van der Waals surface area contributed by atoms with E-state index in [0.717, 1.165) is 12.8 Å². The monoisotopic (exact) mass is 246 g/mol. The summed E-state index contributed by atoms with van der Waals surface area (Å²) in [6, 6.07) is 7.02. The Labute approximate surface area is 103 Å². The zero-order chi connectivity index (χ0) is 12.5. The van der Waals surface area contributed by atoms with Gasteiger partial charge >= 0.3 is 5.69 Å². The maximum Gasteiger partial charge on any atom is 0.330 e. The predicted octanol–water partition coefficient (Wildman–Crippen LogP) is 1.39. The van der Waals surface area contributed by atoms with E-state index < -0.39 is 11.9 Å². The van der Waals surface area contributed by atoms with E-state index >= 15 is 0 Å². The molecule has 2 heterocycles. The van der Waals surface area contributed by atoms with Crippen molar-refractivity contribution in [1.82, 2.24) is 9.55 Å². The van der Waals surface area contributed by atoms with Crippen molar-refractivity contribution in [1.29, 1.82) is 0 Å². The third-order valence-electron chi connectivity index (χ3n) is 3.28. The molecular weight excluding hydrogens is 232 g/mol. The highest BCUT2D eigenvalue weighted by atomic mass is 16.5. The van der Waals surface area contributed by atoms with E-state index in [1.165, 1.54) is 4.57 Å². The molecule has 0 bridgehead atoms. The van der Waals surface area contributed by atoms with E-state index in [2.05, 4.69) is 4.98 Å². The van der Waals surface area contributed by atoms with E-state index in [1.807, 2.05) is 0 Å². The molecule has 1 aromatic carbocycles. The molecule has 1 saturated heterocycles. The molecule has 1 atom stereocenters. The Morgan fingerprint density at radius 2 is 2.06 bits per heavy atom. The Balaban J connectivity index is 2.22. The summed E-state index contributed by atoms with van der Waals surface area (Å²) < 4.78 is 6.71. The van der Waals surface area contributed by atoms with Gasteiger partial charge in [0.2, 0.25) is 0 Å². The molecule has 0 amide bonds. The van der Waals surface area contributed by atoms with Crippen LogP contribution >= 0.6 is 0 Å². The van der Waals surface area contributed by atoms with Crippen LogP contribution in [0.15, 0.2) is 33.9 Å². The van der Waals surface area contributed by atoms with Gasteiger partial charge in [0.15, 0.2) is 0 Å². The van der Waals surface area contributed by atoms with Gasteiger partial charge in [0.1, 0.15) is 6.23 Å². The maximum atomic E-state index is 12.3. The number of hydrogen-bond acceptors (Lipinski definition) is 3. The van der Waals surface area contributed by atoms with E-state index in [0.29, 0.717) is 23.9 Å². The van der Waals surface area contributed by atoms with Gasteiger partial charge in [-0.3, -0.25) is 4.79 Å². The number of H-pyrrole nitrogens is 1. The number of hydrogen-bond donors (Lipinski definition) is 1. The van der Waals surface area contributed by atoms with Crippen molar-refractivity contribution in [2.24, 2.45) is 0 Å². The molecule has 18 heavy (non-hydrogen) atoms. The van der Waals surface area contributed by atoms with Gasteiger partial charge in [-0.25, -0.2) is 9.36 Å². The van der Waals surface area contributed by atoms with Crippen LogP contribution in [0, 0.1) is 0 Å². The summed E-state index contributed by atoms with van der Waals surface area (Å²) in [5.74, 6) is 0. The molecule has 1 fully saturated rings. The summed E-state index contributed by atoms with van der Waals surface area (Å²) in [5.41, 5.74) is -0.105. The number of aromatic nitrogens is 2. The number of rotatable bonds is 1. The average Bonchev–Trinajstić information content (AvgIpc) is 2.40. The van der Waals surface area contributed by atoms with Crippen molar-refractivity contribution in [3.05, 3.63) is 45.1 Å². The predicted molar refractivity (Wildman–Crippen MR) is 67.7 cm³/mol. The van der Waals surface area contributed by atoms with E-state index in [-0.39, 0.29) is 5.56 Å². The van der Waals surface area contributed by atoms with Crippen molar-refractivity contribution in [3.63, 3.8) is 0 Å². The highest BCUT2D eigenvalue weighted by Gasteiger charge is 2.20. The van der Waals surface area contributed by atoms with Crippen LogP contribution in [0.3, 0.4) is 0 Å². The quantitative estimate of drug-likeness (QED) is 0.827. The summed E-state index contributed by atoms with van der Waals surface area (Å²) in [7, 11) is 0. The van der Waals surface area contributed by atoms with Crippen LogP contribution in [0.1, 0.15) is 25.5 Å². The van der Waals surface area contributed by atoms with Gasteiger partial charge in [-0.2, -0.15) is 0 Å². The third-order valence-corrected chi connectivity index (χ3v) is 3.28. The first kappa shape index (κ1) is 11.2. The Morgan fingerprint density at radius 3 is 2.83 bits per heavy atom. The maximum absolute atomic E-state index is 12.3. The fourth-order valence-corrected chi connectivity index (χ4v) is 2.36. The van der Waals surface area contributed by atoms with E-state index in [4.69, 9.17) is 4.74 Å². The van der Waals surface area contributed by atoms with Crippen LogP contribution in [0.5, 0.6) is 0 Å². The summed E-state index contributed by atoms with van der Waals surface area (Å²) in [4.78, 5) is 27.0. The molecule has 1 unspecified atom stereocenters. The Morgan fingerprint density at radius 1 is 1.22 bits per heavy atom. The molecule has 1 aromatic heterocycles. The molecule has 1 aliphatic rings. The minimum absolute atomic E-state index is 0.277. The minimum atomic E-state index is -0.431. The summed E-state index contributed by atoms with van der Waals surface area (Å²) in [6.07, 6.45) is 2.24. The topological polar surface area (TPSA) is 64.1 Å². The number of ether oxygens (including phenoxy) is 1. The Hall–Kier alpha value is -1.88. The Bertz CT molecular complexity index is 680. The Kier molecular flexibility index (Phi) is 2.76. The van der Waals surface area contributed by atoms with Gasteiger partial charge in [0.25, 0.3) is 5.56 Å². The number of fused-ring (bicyclic) bond motifs is 1. The molecule has 5 nitrogen and oxygen atoms in total. The summed E-state index contributed by atoms with van der Waals surface area (Å²) in [6.45, 7) is 0.601. The molecule has 3 rings (SSSR count). The van der Waals surface area contributed by atoms with Gasteiger partial charge in [-0.15, -0.1) is 0 Å². The van der Waals surface area contributed by atoms with Crippen molar-refractivity contribution in [2.45, 2.75) is 25.5 Å². The molecule has 0 saturated carbocycles. The molecule has 5 heteroatoms. The van der Waals surface area contributed by atoms with Crippen LogP contribution in [-0.4, -0.2) is 16.2 Å². The largest absolute Gasteiger partial charge is 0.358 e. The van der Waals surface area contributed by atoms with E-state index in [1.54, 1.807) is 24.3 Å². The third kappa shape index (κ3) is 1.76. The molecule has 0 spiro atoms. The smallest absolute Gasteiger partial charge is 0.330 e. The highest BCUT2D eigenvalue weighted by molar-refractivity contribution is 5.76. The molecule has 94 valence electrons. The normalized spacial score (nSPS) is 20.1. The second kappa shape index (κ2) is 4.42. The summed E-state index contributed by atoms with van der Waals surface area (Å²) in [5, 5.41) is 0.520. The number of nitrogens with zero attached hydrogens (tertiary/aromatic N) is 1. The van der Waals surface area contributed by atoms with Crippen LogP contribution in [0.25, 0.3) is 10.9 Å². The fraction of sp³-hybridized carbons (Fsp3) is 0.385. The summed E-state index contributed by atoms with van der Waals surface area (Å²) >= 11 is 0. The molecule has 0 radical (unpaired) electrons. The zero-order valence-electron chi connectivity index (χ0n) is 9.89. The van der Waals surface area contributed by atoms with Gasteiger partial charge < -0.3 is 9.72 Å². The number of para-hydroxylation sites is 1. The van der Waals surface area contributed by atoms with Crippen molar-refractivity contribution >= 4 is 10.9 Å². The first-order valence-electron chi connectivity index (χ1n) is 6.12. The zero-order valence-corrected chi connectivity index (χ0v) is 9.89. The minimum Gasteiger partial charge on any atom is -0.358 e. The van der Waals surface area contributed by atoms with Crippen molar-refractivity contribution in [3.8, 4) is 0 Å². The van der Waals surface area contributed by atoms with Crippen LogP contribution in [0.4, 0.5) is 0 Å². The van der Waals surface area contributed by atoms with Crippen molar-refractivity contribution < 1.29 is 4.74 Å². The van der Waals surface area contributed by atoms with Gasteiger partial charge in [-0.1, -0.05) is 12.1 Å². The first-order chi connectivity index (χ1) is 8.77. The highest BCUT2D eigenvalue weighted by Crippen LogP contribution is 2.19. The lowest BCUT2D eigenvalue weighted by Crippen LogP contribution is -2.40. The van der Waals surface area contributed by atoms with Gasteiger partial charge in [0.05, 0.1) is 10.9 Å². The van der Waals surface area contributed by atoms with Gasteiger partial charge in [-0.05, 0) is 31.4 Å². The van der Waals surface area contributed by atoms with E-state index in [9.17, 15) is 9.59 Å². The standard InChI is InChI=1S/C13H14N2O3/c16-12-9-5-1-2-6-10(9)14-13(17)15(12)11-7-3-4-8-18-11/h1-2,5-6,11H,3-4,7-8H2,(H,14,17). The number of benzene rings is 1. The van der Waals surface area contributed by atoms with Crippen LogP contribution in [0.2, 0.25) is 0 Å². The van der Waals surface area contributed by atoms with Crippen molar-refractivity contribution in [2.75, 3.05) is 6.61 Å². The molecule has 1 aliphatic heterocycles. The molecule has 0 aliphatic carbocycles.